The van der Waals surface area contributed by atoms with Crippen molar-refractivity contribution in [1.82, 2.24) is 9.97 Å². The summed E-state index contributed by atoms with van der Waals surface area (Å²) in [6.07, 6.45) is 3.00. The lowest BCUT2D eigenvalue weighted by atomic mass is 10.4. The maximum atomic E-state index is 4.83. The average Bonchev–Trinajstić information content (AvgIpc) is 2.55. The molecule has 2 rings (SSSR count). The summed E-state index contributed by atoms with van der Waals surface area (Å²) in [5.41, 5.74) is 1.69. The second-order valence-electron chi connectivity index (χ2n) is 2.13. The van der Waals surface area contributed by atoms with Gasteiger partial charge < -0.3 is 4.42 Å². The second kappa shape index (κ2) is 2.47. The van der Waals surface area contributed by atoms with Crippen molar-refractivity contribution in [3.63, 3.8) is 0 Å². The molecule has 0 aliphatic carbocycles. The van der Waals surface area contributed by atoms with E-state index in [0.717, 1.165) is 16.4 Å². The summed E-state index contributed by atoms with van der Waals surface area (Å²) in [6.45, 7) is 1.97. The SMILES string of the molecule is Cc1nc(-c2cocn2)cs1. The van der Waals surface area contributed by atoms with E-state index in [1.165, 1.54) is 6.39 Å². The first kappa shape index (κ1) is 6.54. The largest absolute Gasteiger partial charge is 0.451 e. The van der Waals surface area contributed by atoms with Gasteiger partial charge in [0.05, 0.1) is 5.01 Å². The lowest BCUT2D eigenvalue weighted by Gasteiger charge is -1.82. The normalized spacial score (nSPS) is 10.3. The summed E-state index contributed by atoms with van der Waals surface area (Å²) in [5.74, 6) is 0. The van der Waals surface area contributed by atoms with Crippen LogP contribution >= 0.6 is 11.3 Å². The van der Waals surface area contributed by atoms with Crippen molar-refractivity contribution in [3.8, 4) is 11.4 Å². The molecule has 11 heavy (non-hydrogen) atoms. The van der Waals surface area contributed by atoms with Crippen LogP contribution in [-0.4, -0.2) is 9.97 Å². The zero-order chi connectivity index (χ0) is 7.68. The molecule has 0 radical (unpaired) electrons. The van der Waals surface area contributed by atoms with Gasteiger partial charge in [-0.15, -0.1) is 11.3 Å². The number of aromatic nitrogens is 2. The third-order valence-electron chi connectivity index (χ3n) is 1.31. The summed E-state index contributed by atoms with van der Waals surface area (Å²) < 4.78 is 4.83. The summed E-state index contributed by atoms with van der Waals surface area (Å²) in [7, 11) is 0. The molecule has 0 aromatic carbocycles. The molecule has 0 atom stereocenters. The minimum Gasteiger partial charge on any atom is -0.451 e. The van der Waals surface area contributed by atoms with Gasteiger partial charge in [-0.25, -0.2) is 9.97 Å². The van der Waals surface area contributed by atoms with Crippen molar-refractivity contribution in [2.45, 2.75) is 6.92 Å². The van der Waals surface area contributed by atoms with Crippen molar-refractivity contribution < 1.29 is 4.42 Å². The molecule has 2 aromatic rings. The molecule has 2 aromatic heterocycles. The summed E-state index contributed by atoms with van der Waals surface area (Å²) >= 11 is 1.61. The Kier molecular flexibility index (Phi) is 1.47. The van der Waals surface area contributed by atoms with Gasteiger partial charge in [-0.2, -0.15) is 0 Å². The van der Waals surface area contributed by atoms with Crippen LogP contribution in [0.1, 0.15) is 5.01 Å². The van der Waals surface area contributed by atoms with Crippen LogP contribution < -0.4 is 0 Å². The highest BCUT2D eigenvalue weighted by atomic mass is 32.1. The third kappa shape index (κ3) is 1.17. The van der Waals surface area contributed by atoms with Gasteiger partial charge >= 0.3 is 0 Å². The fraction of sp³-hybridized carbons (Fsp3) is 0.143. The Balaban J connectivity index is 2.45. The van der Waals surface area contributed by atoms with Gasteiger partial charge in [-0.1, -0.05) is 0 Å². The Labute approximate surface area is 67.7 Å². The van der Waals surface area contributed by atoms with E-state index in [0.29, 0.717) is 0 Å². The topological polar surface area (TPSA) is 38.9 Å². The van der Waals surface area contributed by atoms with Crippen LogP contribution in [0.4, 0.5) is 0 Å². The molecule has 0 saturated heterocycles. The predicted molar refractivity (Wildman–Crippen MR) is 42.3 cm³/mol. The van der Waals surface area contributed by atoms with E-state index in [2.05, 4.69) is 9.97 Å². The minimum absolute atomic E-state index is 0.800. The van der Waals surface area contributed by atoms with Gasteiger partial charge in [-0.3, -0.25) is 0 Å². The quantitative estimate of drug-likeness (QED) is 0.651. The average molecular weight is 166 g/mol. The Hall–Kier alpha value is -1.16. The van der Waals surface area contributed by atoms with Crippen LogP contribution in [0.15, 0.2) is 22.5 Å². The number of rotatable bonds is 1. The van der Waals surface area contributed by atoms with Crippen molar-refractivity contribution in [3.05, 3.63) is 23.0 Å². The molecule has 0 amide bonds. The number of hydrogen-bond acceptors (Lipinski definition) is 4. The lowest BCUT2D eigenvalue weighted by molar-refractivity contribution is 0.558. The van der Waals surface area contributed by atoms with Gasteiger partial charge in [0.25, 0.3) is 0 Å². The molecule has 4 heteroatoms. The Morgan fingerprint density at radius 1 is 1.45 bits per heavy atom. The van der Waals surface area contributed by atoms with E-state index >= 15 is 0 Å². The highest BCUT2D eigenvalue weighted by molar-refractivity contribution is 7.09. The van der Waals surface area contributed by atoms with Crippen molar-refractivity contribution >= 4 is 11.3 Å². The van der Waals surface area contributed by atoms with Crippen LogP contribution in [0.5, 0.6) is 0 Å². The number of oxazole rings is 1. The first-order valence-electron chi connectivity index (χ1n) is 3.17. The van der Waals surface area contributed by atoms with E-state index in [-0.39, 0.29) is 0 Å². The number of hydrogen-bond donors (Lipinski definition) is 0. The summed E-state index contributed by atoms with van der Waals surface area (Å²) in [6, 6.07) is 0. The molecule has 0 unspecified atom stereocenters. The fourth-order valence-corrected chi connectivity index (χ4v) is 1.43. The molecular weight excluding hydrogens is 160 g/mol. The smallest absolute Gasteiger partial charge is 0.181 e. The third-order valence-corrected chi connectivity index (χ3v) is 2.09. The zero-order valence-corrected chi connectivity index (χ0v) is 6.76. The highest BCUT2D eigenvalue weighted by Gasteiger charge is 2.03. The summed E-state index contributed by atoms with van der Waals surface area (Å²) in [5, 5.41) is 3.01. The van der Waals surface area contributed by atoms with Gasteiger partial charge in [0, 0.05) is 5.38 Å². The number of nitrogens with zero attached hydrogens (tertiary/aromatic N) is 2. The Morgan fingerprint density at radius 3 is 2.91 bits per heavy atom. The Bertz CT molecular complexity index is 339. The van der Waals surface area contributed by atoms with Crippen LogP contribution in [-0.2, 0) is 0 Å². The van der Waals surface area contributed by atoms with Crippen LogP contribution in [0.2, 0.25) is 0 Å². The van der Waals surface area contributed by atoms with Crippen molar-refractivity contribution in [2.75, 3.05) is 0 Å². The van der Waals surface area contributed by atoms with E-state index in [1.807, 2.05) is 12.3 Å². The maximum Gasteiger partial charge on any atom is 0.181 e. The maximum absolute atomic E-state index is 4.83. The van der Waals surface area contributed by atoms with E-state index < -0.39 is 0 Å². The zero-order valence-electron chi connectivity index (χ0n) is 5.94. The number of thiazole rings is 1. The van der Waals surface area contributed by atoms with E-state index in [1.54, 1.807) is 17.6 Å². The molecule has 2 heterocycles. The lowest BCUT2D eigenvalue weighted by Crippen LogP contribution is -1.75. The van der Waals surface area contributed by atoms with Crippen LogP contribution in [0, 0.1) is 6.92 Å². The van der Waals surface area contributed by atoms with E-state index in [9.17, 15) is 0 Å². The van der Waals surface area contributed by atoms with Gasteiger partial charge in [-0.05, 0) is 6.92 Å². The molecule has 0 aliphatic heterocycles. The molecular formula is C7H6N2OS. The molecule has 0 bridgehead atoms. The van der Waals surface area contributed by atoms with Crippen LogP contribution in [0.25, 0.3) is 11.4 Å². The molecule has 3 nitrogen and oxygen atoms in total. The molecule has 56 valence electrons. The fourth-order valence-electron chi connectivity index (χ4n) is 0.820. The number of aryl methyl sites for hydroxylation is 1. The highest BCUT2D eigenvalue weighted by Crippen LogP contribution is 2.18. The van der Waals surface area contributed by atoms with Crippen LogP contribution in [0.3, 0.4) is 0 Å². The van der Waals surface area contributed by atoms with Gasteiger partial charge in [0.15, 0.2) is 6.39 Å². The molecule has 0 N–H and O–H groups in total. The first-order chi connectivity index (χ1) is 5.36. The predicted octanol–water partition coefficient (Wildman–Crippen LogP) is 2.11. The monoisotopic (exact) mass is 166 g/mol. The second-order valence-corrected chi connectivity index (χ2v) is 3.19. The van der Waals surface area contributed by atoms with Crippen molar-refractivity contribution in [1.29, 1.82) is 0 Å². The molecule has 0 aliphatic rings. The van der Waals surface area contributed by atoms with Gasteiger partial charge in [0.2, 0.25) is 0 Å². The van der Waals surface area contributed by atoms with Crippen molar-refractivity contribution in [2.24, 2.45) is 0 Å². The van der Waals surface area contributed by atoms with Gasteiger partial charge in [0.1, 0.15) is 17.7 Å². The van der Waals surface area contributed by atoms with E-state index in [4.69, 9.17) is 4.42 Å². The first-order valence-corrected chi connectivity index (χ1v) is 4.05. The molecule has 0 fully saturated rings. The Morgan fingerprint density at radius 2 is 2.36 bits per heavy atom. The standard InChI is InChI=1S/C7H6N2OS/c1-5-9-7(3-11-5)6-2-10-4-8-6/h2-4H,1H3. The summed E-state index contributed by atoms with van der Waals surface area (Å²) in [4.78, 5) is 8.23. The molecule has 0 spiro atoms. The minimum atomic E-state index is 0.800. The molecule has 0 saturated carbocycles.